The van der Waals surface area contributed by atoms with Gasteiger partial charge in [0.2, 0.25) is 5.88 Å². The topological polar surface area (TPSA) is 43.4 Å². The second kappa shape index (κ2) is 12.7. The van der Waals surface area contributed by atoms with Crippen LogP contribution in [0.3, 0.4) is 0 Å². The molecule has 0 radical (unpaired) electrons. The van der Waals surface area contributed by atoms with E-state index in [1.807, 2.05) is 36.4 Å². The number of rotatable bonds is 14. The third-order valence-corrected chi connectivity index (χ3v) is 6.83. The molecule has 2 rings (SSSR count). The van der Waals surface area contributed by atoms with Gasteiger partial charge in [-0.3, -0.25) is 0 Å². The van der Waals surface area contributed by atoms with Crippen LogP contribution >= 0.6 is 0 Å². The molecule has 0 amide bonds. The highest BCUT2D eigenvalue weighted by Gasteiger charge is 2.31. The van der Waals surface area contributed by atoms with Crippen molar-refractivity contribution in [2.45, 2.75) is 86.0 Å². The molecule has 0 unspecified atom stereocenters. The summed E-state index contributed by atoms with van der Waals surface area (Å²) in [5.41, 5.74) is 2.77. The van der Waals surface area contributed by atoms with Crippen LogP contribution in [0.15, 0.2) is 42.6 Å². The Morgan fingerprint density at radius 3 is 2.03 bits per heavy atom. The standard InChI is InChI=1S/C28H44N2O2/c1-27(2,3)28(4,5)19-12-10-8-7-9-11-13-21-32-25-16-14-23(15-17-25)30-24-18-20-29-26(22-24)31-6/h14-18,20,22H,7-13,19,21H2,1-6H3,(H,29,30). The number of hydrogen-bond acceptors (Lipinski definition) is 4. The van der Waals surface area contributed by atoms with Gasteiger partial charge in [-0.25, -0.2) is 4.98 Å². The summed E-state index contributed by atoms with van der Waals surface area (Å²) in [7, 11) is 1.62. The van der Waals surface area contributed by atoms with E-state index in [1.165, 1.54) is 44.9 Å². The maximum atomic E-state index is 5.90. The second-order valence-electron chi connectivity index (χ2n) is 10.4. The normalized spacial score (nSPS) is 11.9. The Bertz CT molecular complexity index is 779. The number of hydrogen-bond donors (Lipinski definition) is 1. The predicted molar refractivity (Wildman–Crippen MR) is 136 cm³/mol. The Morgan fingerprint density at radius 2 is 1.41 bits per heavy atom. The van der Waals surface area contributed by atoms with E-state index in [4.69, 9.17) is 9.47 Å². The molecule has 0 aliphatic rings. The summed E-state index contributed by atoms with van der Waals surface area (Å²) in [6.07, 6.45) is 12.2. The van der Waals surface area contributed by atoms with Gasteiger partial charge < -0.3 is 14.8 Å². The molecule has 1 heterocycles. The van der Waals surface area contributed by atoms with Crippen LogP contribution in [0.25, 0.3) is 0 Å². The van der Waals surface area contributed by atoms with Crippen LogP contribution in [0.5, 0.6) is 11.6 Å². The Balaban J connectivity index is 1.53. The highest BCUT2D eigenvalue weighted by atomic mass is 16.5. The minimum atomic E-state index is 0.386. The summed E-state index contributed by atoms with van der Waals surface area (Å²) in [5, 5.41) is 3.35. The van der Waals surface area contributed by atoms with Crippen molar-refractivity contribution in [2.75, 3.05) is 19.0 Å². The van der Waals surface area contributed by atoms with Crippen LogP contribution in [-0.2, 0) is 0 Å². The first-order valence-corrected chi connectivity index (χ1v) is 12.2. The number of nitrogens with one attached hydrogen (secondary N) is 1. The molecule has 0 spiro atoms. The second-order valence-corrected chi connectivity index (χ2v) is 10.4. The Hall–Kier alpha value is -2.23. The first-order chi connectivity index (χ1) is 15.2. The fourth-order valence-electron chi connectivity index (χ4n) is 3.52. The van der Waals surface area contributed by atoms with E-state index >= 15 is 0 Å². The minimum absolute atomic E-state index is 0.386. The molecule has 4 nitrogen and oxygen atoms in total. The van der Waals surface area contributed by atoms with Gasteiger partial charge in [-0.05, 0) is 54.0 Å². The number of unbranched alkanes of at least 4 members (excludes halogenated alkanes) is 6. The van der Waals surface area contributed by atoms with Gasteiger partial charge in [0, 0.05) is 23.6 Å². The van der Waals surface area contributed by atoms with Gasteiger partial charge in [-0.1, -0.05) is 73.1 Å². The summed E-state index contributed by atoms with van der Waals surface area (Å²) >= 11 is 0. The molecule has 4 heteroatoms. The quantitative estimate of drug-likeness (QED) is 0.299. The maximum absolute atomic E-state index is 5.90. The first kappa shape index (κ1) is 26.0. The number of benzene rings is 1. The third-order valence-electron chi connectivity index (χ3n) is 6.83. The minimum Gasteiger partial charge on any atom is -0.494 e. The molecular weight excluding hydrogens is 396 g/mol. The molecule has 1 aromatic heterocycles. The van der Waals surface area contributed by atoms with Gasteiger partial charge in [0.1, 0.15) is 5.75 Å². The molecular formula is C28H44N2O2. The molecule has 0 bridgehead atoms. The van der Waals surface area contributed by atoms with Crippen molar-refractivity contribution in [3.63, 3.8) is 0 Å². The van der Waals surface area contributed by atoms with E-state index in [1.54, 1.807) is 13.3 Å². The van der Waals surface area contributed by atoms with Crippen LogP contribution in [0, 0.1) is 10.8 Å². The molecule has 0 saturated heterocycles. The summed E-state index contributed by atoms with van der Waals surface area (Å²) in [6.45, 7) is 12.7. The van der Waals surface area contributed by atoms with Crippen molar-refractivity contribution in [2.24, 2.45) is 10.8 Å². The van der Waals surface area contributed by atoms with E-state index in [9.17, 15) is 0 Å². The summed E-state index contributed by atoms with van der Waals surface area (Å²) < 4.78 is 11.1. The average molecular weight is 441 g/mol. The lowest BCUT2D eigenvalue weighted by atomic mass is 9.67. The van der Waals surface area contributed by atoms with Crippen molar-refractivity contribution < 1.29 is 9.47 Å². The number of anilines is 2. The van der Waals surface area contributed by atoms with Crippen LogP contribution < -0.4 is 14.8 Å². The number of methoxy groups -OCH3 is 1. The highest BCUT2D eigenvalue weighted by Crippen LogP contribution is 2.41. The number of pyridine rings is 1. The van der Waals surface area contributed by atoms with E-state index < -0.39 is 0 Å². The van der Waals surface area contributed by atoms with Crippen molar-refractivity contribution in [3.05, 3.63) is 42.6 Å². The molecule has 1 N–H and O–H groups in total. The van der Waals surface area contributed by atoms with Crippen molar-refractivity contribution in [3.8, 4) is 11.6 Å². The molecule has 178 valence electrons. The molecule has 2 aromatic rings. The fourth-order valence-corrected chi connectivity index (χ4v) is 3.52. The Kier molecular flexibility index (Phi) is 10.3. The van der Waals surface area contributed by atoms with E-state index in [-0.39, 0.29) is 0 Å². The lowest BCUT2D eigenvalue weighted by Crippen LogP contribution is -2.29. The van der Waals surface area contributed by atoms with E-state index in [0.29, 0.717) is 16.7 Å². The largest absolute Gasteiger partial charge is 0.494 e. The van der Waals surface area contributed by atoms with Crippen molar-refractivity contribution in [1.29, 1.82) is 0 Å². The maximum Gasteiger partial charge on any atom is 0.214 e. The zero-order chi connectivity index (χ0) is 23.5. The van der Waals surface area contributed by atoms with Crippen LogP contribution in [0.4, 0.5) is 11.4 Å². The SMILES string of the molecule is COc1cc(Nc2ccc(OCCCCCCCCCC(C)(C)C(C)(C)C)cc2)ccn1. The fraction of sp³-hybridized carbons (Fsp3) is 0.607. The Morgan fingerprint density at radius 1 is 0.781 bits per heavy atom. The first-order valence-electron chi connectivity index (χ1n) is 12.2. The van der Waals surface area contributed by atoms with E-state index in [0.717, 1.165) is 30.2 Å². The smallest absolute Gasteiger partial charge is 0.214 e. The van der Waals surface area contributed by atoms with E-state index in [2.05, 4.69) is 44.9 Å². The third kappa shape index (κ3) is 9.10. The summed E-state index contributed by atoms with van der Waals surface area (Å²) in [4.78, 5) is 4.12. The monoisotopic (exact) mass is 440 g/mol. The Labute approximate surface area is 196 Å². The zero-order valence-corrected chi connectivity index (χ0v) is 21.2. The van der Waals surface area contributed by atoms with Crippen LogP contribution in [-0.4, -0.2) is 18.7 Å². The molecule has 0 aliphatic heterocycles. The van der Waals surface area contributed by atoms with Crippen molar-refractivity contribution in [1.82, 2.24) is 4.98 Å². The zero-order valence-electron chi connectivity index (χ0n) is 21.2. The van der Waals surface area contributed by atoms with Crippen LogP contribution in [0.2, 0.25) is 0 Å². The number of aromatic nitrogens is 1. The van der Waals surface area contributed by atoms with Gasteiger partial charge in [-0.2, -0.15) is 0 Å². The summed E-state index contributed by atoms with van der Waals surface area (Å²) in [5.74, 6) is 1.52. The molecule has 32 heavy (non-hydrogen) atoms. The lowest BCUT2D eigenvalue weighted by Gasteiger charge is -2.39. The van der Waals surface area contributed by atoms with Gasteiger partial charge in [-0.15, -0.1) is 0 Å². The van der Waals surface area contributed by atoms with Gasteiger partial charge in [0.15, 0.2) is 0 Å². The highest BCUT2D eigenvalue weighted by molar-refractivity contribution is 5.60. The average Bonchev–Trinajstić information content (AvgIpc) is 2.75. The van der Waals surface area contributed by atoms with Crippen molar-refractivity contribution >= 4 is 11.4 Å². The van der Waals surface area contributed by atoms with Crippen LogP contribution in [0.1, 0.15) is 86.0 Å². The predicted octanol–water partition coefficient (Wildman–Crippen LogP) is 8.41. The number of nitrogens with zero attached hydrogens (tertiary/aromatic N) is 1. The van der Waals surface area contributed by atoms with Gasteiger partial charge in [0.25, 0.3) is 0 Å². The molecule has 0 fully saturated rings. The summed E-state index contributed by atoms with van der Waals surface area (Å²) in [6, 6.07) is 11.9. The molecule has 0 aliphatic carbocycles. The molecule has 0 atom stereocenters. The molecule has 0 saturated carbocycles. The van der Waals surface area contributed by atoms with Gasteiger partial charge >= 0.3 is 0 Å². The number of ether oxygens (including phenoxy) is 2. The lowest BCUT2D eigenvalue weighted by molar-refractivity contribution is 0.115. The van der Waals surface area contributed by atoms with Gasteiger partial charge in [0.05, 0.1) is 13.7 Å². The molecule has 1 aromatic carbocycles.